The molecule has 1 N–H and O–H groups in total. The van der Waals surface area contributed by atoms with E-state index in [1.165, 1.54) is 12.8 Å². The van der Waals surface area contributed by atoms with E-state index in [9.17, 15) is 4.79 Å². The summed E-state index contributed by atoms with van der Waals surface area (Å²) in [5.74, 6) is 0.801. The van der Waals surface area contributed by atoms with Crippen molar-refractivity contribution in [3.8, 4) is 5.75 Å². The number of methoxy groups -OCH3 is 1. The lowest BCUT2D eigenvalue weighted by molar-refractivity contribution is -0.120. The number of ether oxygens (including phenoxy) is 1. The Morgan fingerprint density at radius 2 is 2.35 bits per heavy atom. The summed E-state index contributed by atoms with van der Waals surface area (Å²) in [5, 5.41) is 4.04. The third-order valence-electron chi connectivity index (χ3n) is 4.65. The lowest BCUT2D eigenvalue weighted by atomic mass is 10.1. The van der Waals surface area contributed by atoms with Crippen LogP contribution in [0.25, 0.3) is 11.0 Å². The maximum Gasteiger partial charge on any atom is 0.224 e. The molecule has 0 radical (unpaired) electrons. The van der Waals surface area contributed by atoms with Crippen LogP contribution in [0.5, 0.6) is 5.75 Å². The predicted molar refractivity (Wildman–Crippen MR) is 89.7 cm³/mol. The Hall–Kier alpha value is -2.01. The van der Waals surface area contributed by atoms with E-state index in [0.29, 0.717) is 12.5 Å². The van der Waals surface area contributed by atoms with Crippen molar-refractivity contribution in [2.45, 2.75) is 32.2 Å². The Labute approximate surface area is 136 Å². The van der Waals surface area contributed by atoms with Gasteiger partial charge in [-0.25, -0.2) is 0 Å². The van der Waals surface area contributed by atoms with Crippen LogP contribution in [0.3, 0.4) is 0 Å². The van der Waals surface area contributed by atoms with Crippen molar-refractivity contribution < 1.29 is 13.9 Å². The van der Waals surface area contributed by atoms with Crippen molar-refractivity contribution in [2.75, 3.05) is 26.7 Å². The normalized spacial score (nSPS) is 18.4. The minimum absolute atomic E-state index is 0.0477. The van der Waals surface area contributed by atoms with Gasteiger partial charge in [0.1, 0.15) is 11.3 Å². The van der Waals surface area contributed by atoms with Gasteiger partial charge in [0, 0.05) is 29.6 Å². The van der Waals surface area contributed by atoms with Crippen LogP contribution < -0.4 is 10.1 Å². The van der Waals surface area contributed by atoms with Crippen LogP contribution >= 0.6 is 0 Å². The second-order valence-electron chi connectivity index (χ2n) is 6.03. The van der Waals surface area contributed by atoms with Crippen LogP contribution in [-0.2, 0) is 11.2 Å². The minimum atomic E-state index is 0.0477. The van der Waals surface area contributed by atoms with Crippen molar-refractivity contribution >= 4 is 16.9 Å². The first kappa shape index (κ1) is 15.9. The number of carbonyl (C=O) groups excluding carboxylic acids is 1. The third-order valence-corrected chi connectivity index (χ3v) is 4.65. The highest BCUT2D eigenvalue weighted by Crippen LogP contribution is 2.25. The lowest BCUT2D eigenvalue weighted by Gasteiger charge is -2.22. The summed E-state index contributed by atoms with van der Waals surface area (Å²) >= 11 is 0. The van der Waals surface area contributed by atoms with Crippen molar-refractivity contribution in [3.63, 3.8) is 0 Å². The van der Waals surface area contributed by atoms with E-state index >= 15 is 0 Å². The van der Waals surface area contributed by atoms with Gasteiger partial charge in [-0.3, -0.25) is 9.69 Å². The molecular weight excluding hydrogens is 292 g/mol. The lowest BCUT2D eigenvalue weighted by Crippen LogP contribution is -2.40. The number of carbonyl (C=O) groups is 1. The van der Waals surface area contributed by atoms with E-state index in [-0.39, 0.29) is 5.91 Å². The number of amides is 1. The van der Waals surface area contributed by atoms with Crippen LogP contribution in [-0.4, -0.2) is 43.6 Å². The topological polar surface area (TPSA) is 54.7 Å². The average Bonchev–Trinajstić information content (AvgIpc) is 3.19. The number of rotatable bonds is 6. The molecule has 1 atom stereocenters. The number of nitrogens with zero attached hydrogens (tertiary/aromatic N) is 1. The number of likely N-dealkylation sites (N-methyl/N-ethyl adjacent to an activating group) is 1. The number of likely N-dealkylation sites (tertiary alicyclic amines) is 1. The molecule has 1 amide bonds. The zero-order chi connectivity index (χ0) is 16.2. The molecule has 23 heavy (non-hydrogen) atoms. The molecular formula is C18H24N2O3. The standard InChI is InChI=1S/C18H24N2O3/c1-3-20-8-4-5-14(20)11-19-18(21)9-13-12-23-17-10-15(22-2)6-7-16(13)17/h6-7,10,12,14H,3-5,8-9,11H2,1-2H3,(H,19,21). The minimum Gasteiger partial charge on any atom is -0.497 e. The van der Waals surface area contributed by atoms with Gasteiger partial charge >= 0.3 is 0 Å². The molecule has 0 aliphatic carbocycles. The van der Waals surface area contributed by atoms with Crippen LogP contribution in [0.2, 0.25) is 0 Å². The quantitative estimate of drug-likeness (QED) is 0.890. The van der Waals surface area contributed by atoms with Gasteiger partial charge in [0.05, 0.1) is 19.8 Å². The zero-order valence-electron chi connectivity index (χ0n) is 13.8. The number of nitrogens with one attached hydrogen (secondary N) is 1. The Balaban J connectivity index is 1.59. The fourth-order valence-electron chi connectivity index (χ4n) is 3.34. The van der Waals surface area contributed by atoms with Gasteiger partial charge in [0.15, 0.2) is 0 Å². The number of hydrogen-bond acceptors (Lipinski definition) is 4. The van der Waals surface area contributed by atoms with Crippen molar-refractivity contribution in [1.29, 1.82) is 0 Å². The molecule has 1 aliphatic rings. The van der Waals surface area contributed by atoms with E-state index in [1.807, 2.05) is 18.2 Å². The van der Waals surface area contributed by atoms with Gasteiger partial charge < -0.3 is 14.5 Å². The first-order valence-electron chi connectivity index (χ1n) is 8.26. The van der Waals surface area contributed by atoms with Crippen LogP contribution in [0, 0.1) is 0 Å². The molecule has 124 valence electrons. The zero-order valence-corrected chi connectivity index (χ0v) is 13.8. The molecule has 1 aromatic carbocycles. The van der Waals surface area contributed by atoms with E-state index in [0.717, 1.165) is 41.9 Å². The van der Waals surface area contributed by atoms with Crippen molar-refractivity contribution in [3.05, 3.63) is 30.0 Å². The molecule has 1 unspecified atom stereocenters. The second-order valence-corrected chi connectivity index (χ2v) is 6.03. The Kier molecular flexibility index (Phi) is 4.86. The molecule has 1 saturated heterocycles. The fourth-order valence-corrected chi connectivity index (χ4v) is 3.34. The highest BCUT2D eigenvalue weighted by atomic mass is 16.5. The monoisotopic (exact) mass is 316 g/mol. The van der Waals surface area contributed by atoms with E-state index in [4.69, 9.17) is 9.15 Å². The van der Waals surface area contributed by atoms with E-state index < -0.39 is 0 Å². The number of fused-ring (bicyclic) bond motifs is 1. The summed E-state index contributed by atoms with van der Waals surface area (Å²) < 4.78 is 10.7. The molecule has 3 rings (SSSR count). The number of hydrogen-bond donors (Lipinski definition) is 1. The molecule has 5 nitrogen and oxygen atoms in total. The summed E-state index contributed by atoms with van der Waals surface area (Å²) in [4.78, 5) is 14.7. The molecule has 1 fully saturated rings. The Morgan fingerprint density at radius 3 is 3.13 bits per heavy atom. The average molecular weight is 316 g/mol. The predicted octanol–water partition coefficient (Wildman–Crippen LogP) is 2.58. The first-order chi connectivity index (χ1) is 11.2. The molecule has 2 heterocycles. The van der Waals surface area contributed by atoms with Gasteiger partial charge in [0.2, 0.25) is 5.91 Å². The number of furan rings is 1. The smallest absolute Gasteiger partial charge is 0.224 e. The SMILES string of the molecule is CCN1CCCC1CNC(=O)Cc1coc2cc(OC)ccc12. The Bertz CT molecular complexity index is 680. The van der Waals surface area contributed by atoms with Gasteiger partial charge in [-0.2, -0.15) is 0 Å². The fraction of sp³-hybridized carbons (Fsp3) is 0.500. The van der Waals surface area contributed by atoms with Crippen LogP contribution in [0.1, 0.15) is 25.3 Å². The summed E-state index contributed by atoms with van der Waals surface area (Å²) in [6, 6.07) is 6.15. The summed E-state index contributed by atoms with van der Waals surface area (Å²) in [7, 11) is 1.63. The molecule has 0 saturated carbocycles. The molecule has 5 heteroatoms. The van der Waals surface area contributed by atoms with Gasteiger partial charge in [-0.05, 0) is 38.1 Å². The molecule has 0 spiro atoms. The molecule has 1 aromatic heterocycles. The summed E-state index contributed by atoms with van der Waals surface area (Å²) in [5.41, 5.74) is 1.67. The first-order valence-corrected chi connectivity index (χ1v) is 8.26. The maximum absolute atomic E-state index is 12.2. The van der Waals surface area contributed by atoms with Gasteiger partial charge in [-0.15, -0.1) is 0 Å². The van der Waals surface area contributed by atoms with E-state index in [1.54, 1.807) is 13.4 Å². The molecule has 0 bridgehead atoms. The van der Waals surface area contributed by atoms with Gasteiger partial charge in [0.25, 0.3) is 0 Å². The van der Waals surface area contributed by atoms with Crippen LogP contribution in [0.4, 0.5) is 0 Å². The van der Waals surface area contributed by atoms with E-state index in [2.05, 4.69) is 17.1 Å². The highest BCUT2D eigenvalue weighted by Gasteiger charge is 2.23. The number of benzene rings is 1. The third kappa shape index (κ3) is 3.50. The van der Waals surface area contributed by atoms with Crippen molar-refractivity contribution in [1.82, 2.24) is 10.2 Å². The maximum atomic E-state index is 12.2. The van der Waals surface area contributed by atoms with Crippen LogP contribution in [0.15, 0.2) is 28.9 Å². The van der Waals surface area contributed by atoms with Gasteiger partial charge in [-0.1, -0.05) is 6.92 Å². The largest absolute Gasteiger partial charge is 0.497 e. The summed E-state index contributed by atoms with van der Waals surface area (Å²) in [6.45, 7) is 5.10. The Morgan fingerprint density at radius 1 is 1.48 bits per heavy atom. The molecule has 1 aliphatic heterocycles. The van der Waals surface area contributed by atoms with Crippen molar-refractivity contribution in [2.24, 2.45) is 0 Å². The highest BCUT2D eigenvalue weighted by molar-refractivity contribution is 5.88. The second kappa shape index (κ2) is 7.04. The molecule has 2 aromatic rings. The summed E-state index contributed by atoms with van der Waals surface area (Å²) in [6.07, 6.45) is 4.40.